The van der Waals surface area contributed by atoms with Crippen molar-refractivity contribution in [1.29, 1.82) is 0 Å². The second-order valence-electron chi connectivity index (χ2n) is 8.21. The van der Waals surface area contributed by atoms with Gasteiger partial charge in [0.2, 0.25) is 5.95 Å². The minimum absolute atomic E-state index is 0.0517. The molecule has 0 aliphatic carbocycles. The lowest BCUT2D eigenvalue weighted by Crippen LogP contribution is -2.38. The van der Waals surface area contributed by atoms with E-state index >= 15 is 0 Å². The smallest absolute Gasteiger partial charge is 0.257 e. The zero-order valence-electron chi connectivity index (χ0n) is 18.3. The molecule has 1 aliphatic heterocycles. The topological polar surface area (TPSA) is 67.2 Å². The third-order valence-corrected chi connectivity index (χ3v) is 6.21. The summed E-state index contributed by atoms with van der Waals surface area (Å²) in [6.07, 6.45) is 5.25. The number of likely N-dealkylation sites (tertiary alicyclic amines) is 1. The summed E-state index contributed by atoms with van der Waals surface area (Å²) in [7, 11) is 5.73. The Morgan fingerprint density at radius 2 is 1.94 bits per heavy atom. The maximum Gasteiger partial charge on any atom is 0.257 e. The van der Waals surface area contributed by atoms with Crippen molar-refractivity contribution in [3.63, 3.8) is 0 Å². The molecule has 2 aromatic heterocycles. The Bertz CT molecular complexity index is 1100. The van der Waals surface area contributed by atoms with Crippen LogP contribution in [0.25, 0.3) is 11.1 Å². The minimum Gasteiger partial charge on any atom is -0.347 e. The third kappa shape index (κ3) is 4.28. The quantitative estimate of drug-likeness (QED) is 0.617. The van der Waals surface area contributed by atoms with Crippen molar-refractivity contribution in [2.24, 2.45) is 7.05 Å². The van der Waals surface area contributed by atoms with Crippen LogP contribution in [-0.2, 0) is 7.05 Å². The van der Waals surface area contributed by atoms with Crippen molar-refractivity contribution in [3.05, 3.63) is 58.6 Å². The Hall–Kier alpha value is -2.93. The van der Waals surface area contributed by atoms with Gasteiger partial charge in [0, 0.05) is 62.6 Å². The molecule has 0 N–H and O–H groups in total. The number of carbonyl (C=O) groups excluding carboxylic acids is 1. The molecule has 1 saturated heterocycles. The second kappa shape index (κ2) is 8.67. The number of nitrogens with zero attached hydrogens (tertiary/aromatic N) is 6. The summed E-state index contributed by atoms with van der Waals surface area (Å²) in [5.41, 5.74) is 4.60. The van der Waals surface area contributed by atoms with Gasteiger partial charge in [-0.25, -0.2) is 9.97 Å². The average Bonchev–Trinajstić information content (AvgIpc) is 3.11. The molecule has 0 spiro atoms. The predicted molar refractivity (Wildman–Crippen MR) is 123 cm³/mol. The number of aromatic nitrogens is 4. The maximum atomic E-state index is 13.0. The van der Waals surface area contributed by atoms with Crippen LogP contribution >= 0.6 is 11.6 Å². The maximum absolute atomic E-state index is 13.0. The molecule has 1 fully saturated rings. The molecule has 0 unspecified atom stereocenters. The van der Waals surface area contributed by atoms with Crippen molar-refractivity contribution >= 4 is 23.5 Å². The molecule has 162 valence electrons. The van der Waals surface area contributed by atoms with Gasteiger partial charge in [-0.1, -0.05) is 23.7 Å². The van der Waals surface area contributed by atoms with E-state index in [-0.39, 0.29) is 11.8 Å². The predicted octanol–water partition coefficient (Wildman–Crippen LogP) is 3.92. The van der Waals surface area contributed by atoms with Crippen LogP contribution in [0.15, 0.2) is 36.7 Å². The van der Waals surface area contributed by atoms with Crippen molar-refractivity contribution < 1.29 is 4.79 Å². The van der Waals surface area contributed by atoms with E-state index in [1.54, 1.807) is 10.9 Å². The van der Waals surface area contributed by atoms with Crippen LogP contribution < -0.4 is 4.90 Å². The molecule has 31 heavy (non-hydrogen) atoms. The molecule has 8 heteroatoms. The lowest BCUT2D eigenvalue weighted by atomic mass is 9.88. The molecule has 1 aliphatic rings. The van der Waals surface area contributed by atoms with Gasteiger partial charge in [0.05, 0.1) is 17.5 Å². The number of piperidine rings is 1. The third-order valence-electron chi connectivity index (χ3n) is 5.98. The minimum atomic E-state index is 0.0517. The standard InChI is InChI=1S/C23H27ClN6O/c1-15-19(14-26-29(15)4)22(31)30-10-8-16(9-11-30)21-20(13-25-23(27-21)28(2)3)17-6-5-7-18(24)12-17/h5-7,12-14,16H,8-11H2,1-4H3. The largest absolute Gasteiger partial charge is 0.347 e. The van der Waals surface area contributed by atoms with Gasteiger partial charge in [0.1, 0.15) is 0 Å². The highest BCUT2D eigenvalue weighted by molar-refractivity contribution is 6.30. The van der Waals surface area contributed by atoms with E-state index in [2.05, 4.69) is 10.1 Å². The molecular weight excluding hydrogens is 412 g/mol. The van der Waals surface area contributed by atoms with Crippen molar-refractivity contribution in [2.75, 3.05) is 32.1 Å². The van der Waals surface area contributed by atoms with Crippen LogP contribution in [0.3, 0.4) is 0 Å². The van der Waals surface area contributed by atoms with E-state index in [1.165, 1.54) is 0 Å². The van der Waals surface area contributed by atoms with Crippen molar-refractivity contribution in [3.8, 4) is 11.1 Å². The van der Waals surface area contributed by atoms with Crippen LogP contribution in [0.5, 0.6) is 0 Å². The van der Waals surface area contributed by atoms with Crippen LogP contribution in [0, 0.1) is 6.92 Å². The molecule has 0 atom stereocenters. The summed E-state index contributed by atoms with van der Waals surface area (Å²) >= 11 is 6.24. The van der Waals surface area contributed by atoms with Gasteiger partial charge in [0.15, 0.2) is 0 Å². The highest BCUT2D eigenvalue weighted by Gasteiger charge is 2.29. The average molecular weight is 439 g/mol. The lowest BCUT2D eigenvalue weighted by molar-refractivity contribution is 0.0711. The fraction of sp³-hybridized carbons (Fsp3) is 0.391. The van der Waals surface area contributed by atoms with Crippen LogP contribution in [0.1, 0.15) is 40.5 Å². The lowest BCUT2D eigenvalue weighted by Gasteiger charge is -2.32. The van der Waals surface area contributed by atoms with Crippen molar-refractivity contribution in [2.45, 2.75) is 25.7 Å². The fourth-order valence-electron chi connectivity index (χ4n) is 4.03. The first kappa shape index (κ1) is 21.3. The molecule has 4 rings (SSSR count). The highest BCUT2D eigenvalue weighted by Crippen LogP contribution is 2.35. The molecule has 3 heterocycles. The van der Waals surface area contributed by atoms with Crippen LogP contribution in [0.4, 0.5) is 5.95 Å². The Kier molecular flexibility index (Phi) is 5.96. The molecule has 0 bridgehead atoms. The molecule has 0 radical (unpaired) electrons. The van der Waals surface area contributed by atoms with Crippen LogP contribution in [-0.4, -0.2) is 57.7 Å². The number of amides is 1. The Labute approximate surface area is 187 Å². The van der Waals surface area contributed by atoms with E-state index in [0.717, 1.165) is 35.4 Å². The Morgan fingerprint density at radius 1 is 1.19 bits per heavy atom. The van der Waals surface area contributed by atoms with Gasteiger partial charge in [0.25, 0.3) is 5.91 Å². The van der Waals surface area contributed by atoms with E-state index in [1.807, 2.05) is 68.3 Å². The molecule has 3 aromatic rings. The summed E-state index contributed by atoms with van der Waals surface area (Å²) in [5, 5.41) is 4.90. The van der Waals surface area contributed by atoms with Crippen molar-refractivity contribution in [1.82, 2.24) is 24.6 Å². The number of anilines is 1. The monoisotopic (exact) mass is 438 g/mol. The molecule has 7 nitrogen and oxygen atoms in total. The normalized spacial score (nSPS) is 14.7. The van der Waals surface area contributed by atoms with E-state index in [0.29, 0.717) is 29.6 Å². The first-order valence-electron chi connectivity index (χ1n) is 10.4. The molecule has 1 aromatic carbocycles. The molecule has 1 amide bonds. The van der Waals surface area contributed by atoms with Gasteiger partial charge >= 0.3 is 0 Å². The molecular formula is C23H27ClN6O. The number of carbonyl (C=O) groups is 1. The number of hydrogen-bond acceptors (Lipinski definition) is 5. The van der Waals surface area contributed by atoms with Crippen LogP contribution in [0.2, 0.25) is 5.02 Å². The van der Waals surface area contributed by atoms with Gasteiger partial charge in [-0.15, -0.1) is 0 Å². The highest BCUT2D eigenvalue weighted by atomic mass is 35.5. The Morgan fingerprint density at radius 3 is 2.55 bits per heavy atom. The zero-order chi connectivity index (χ0) is 22.1. The number of aryl methyl sites for hydroxylation is 1. The summed E-state index contributed by atoms with van der Waals surface area (Å²) in [4.78, 5) is 26.2. The summed E-state index contributed by atoms with van der Waals surface area (Å²) in [6.45, 7) is 3.30. The van der Waals surface area contributed by atoms with Gasteiger partial charge in [-0.05, 0) is 37.5 Å². The number of rotatable bonds is 4. The van der Waals surface area contributed by atoms with E-state index in [9.17, 15) is 4.79 Å². The van der Waals surface area contributed by atoms with E-state index < -0.39 is 0 Å². The summed E-state index contributed by atoms with van der Waals surface area (Å²) in [6, 6.07) is 7.79. The Balaban J connectivity index is 1.59. The molecule has 0 saturated carbocycles. The zero-order valence-corrected chi connectivity index (χ0v) is 19.1. The number of halogens is 1. The first-order valence-corrected chi connectivity index (χ1v) is 10.8. The number of hydrogen-bond donors (Lipinski definition) is 0. The van der Waals surface area contributed by atoms with Gasteiger partial charge in [-0.2, -0.15) is 5.10 Å². The van der Waals surface area contributed by atoms with Gasteiger partial charge in [-0.3, -0.25) is 9.48 Å². The number of benzene rings is 1. The van der Waals surface area contributed by atoms with E-state index in [4.69, 9.17) is 16.6 Å². The second-order valence-corrected chi connectivity index (χ2v) is 8.64. The SMILES string of the molecule is Cc1c(C(=O)N2CCC(c3nc(N(C)C)ncc3-c3cccc(Cl)c3)CC2)cnn1C. The van der Waals surface area contributed by atoms with Gasteiger partial charge < -0.3 is 9.80 Å². The first-order chi connectivity index (χ1) is 14.8. The summed E-state index contributed by atoms with van der Waals surface area (Å²) < 4.78 is 1.74. The summed E-state index contributed by atoms with van der Waals surface area (Å²) in [5.74, 6) is 0.982. The fourth-order valence-corrected chi connectivity index (χ4v) is 4.22.